The molecule has 0 spiro atoms. The predicted molar refractivity (Wildman–Crippen MR) is 91.8 cm³/mol. The molecule has 2 aromatic carbocycles. The van der Waals surface area contributed by atoms with E-state index in [1.54, 1.807) is 12.1 Å². The zero-order chi connectivity index (χ0) is 18.8. The van der Waals surface area contributed by atoms with Crippen molar-refractivity contribution in [2.24, 2.45) is 0 Å². The molecule has 3 aromatic rings. The minimum Gasteiger partial charge on any atom is -0.408 e. The number of halogens is 2. The largest absolute Gasteiger partial charge is 0.419 e. The van der Waals surface area contributed by atoms with E-state index in [0.29, 0.717) is 16.1 Å². The lowest BCUT2D eigenvalue weighted by atomic mass is 10.2. The second kappa shape index (κ2) is 6.96. The lowest BCUT2D eigenvalue weighted by molar-refractivity contribution is -0.387. The molecule has 0 fully saturated rings. The van der Waals surface area contributed by atoms with Crippen molar-refractivity contribution in [2.45, 2.75) is 13.0 Å². The molecule has 3 rings (SSSR count). The third-order valence-corrected chi connectivity index (χ3v) is 3.85. The number of carbonyl (C=O) groups excluding carboxylic acids is 1. The molecule has 1 N–H and O–H groups in total. The normalized spacial score (nSPS) is 10.8. The Bertz CT molecular complexity index is 1080. The number of fused-ring (bicyclic) bond motifs is 1. The van der Waals surface area contributed by atoms with Crippen molar-refractivity contribution in [3.05, 3.63) is 67.9 Å². The van der Waals surface area contributed by atoms with Gasteiger partial charge < -0.3 is 9.73 Å². The quantitative estimate of drug-likeness (QED) is 0.540. The van der Waals surface area contributed by atoms with Crippen LogP contribution in [0.5, 0.6) is 0 Å². The summed E-state index contributed by atoms with van der Waals surface area (Å²) in [5.41, 5.74) is 0.137. The zero-order valence-corrected chi connectivity index (χ0v) is 13.8. The molecule has 0 saturated heterocycles. The molecule has 26 heavy (non-hydrogen) atoms. The van der Waals surface area contributed by atoms with Crippen LogP contribution in [0.15, 0.2) is 45.6 Å². The highest BCUT2D eigenvalue weighted by Gasteiger charge is 2.16. The molecule has 8 nitrogen and oxygen atoms in total. The lowest BCUT2D eigenvalue weighted by Crippen LogP contribution is -2.19. The van der Waals surface area contributed by atoms with Crippen molar-refractivity contribution in [1.29, 1.82) is 0 Å². The average molecular weight is 380 g/mol. The van der Waals surface area contributed by atoms with Crippen LogP contribution < -0.4 is 11.1 Å². The van der Waals surface area contributed by atoms with E-state index in [9.17, 15) is 24.1 Å². The van der Waals surface area contributed by atoms with Crippen LogP contribution in [0.1, 0.15) is 6.42 Å². The van der Waals surface area contributed by atoms with Crippen molar-refractivity contribution >= 4 is 40.0 Å². The van der Waals surface area contributed by atoms with Gasteiger partial charge in [-0.15, -0.1) is 0 Å². The molecule has 0 aliphatic carbocycles. The van der Waals surface area contributed by atoms with Gasteiger partial charge in [-0.2, -0.15) is 4.39 Å². The summed E-state index contributed by atoms with van der Waals surface area (Å²) in [7, 11) is 0. The number of hydrogen-bond acceptors (Lipinski definition) is 5. The maximum absolute atomic E-state index is 13.3. The van der Waals surface area contributed by atoms with Crippen LogP contribution in [0.25, 0.3) is 11.1 Å². The molecule has 1 aromatic heterocycles. The highest BCUT2D eigenvalue weighted by Crippen LogP contribution is 2.22. The molecule has 0 unspecified atom stereocenters. The second-order valence-electron chi connectivity index (χ2n) is 5.35. The summed E-state index contributed by atoms with van der Waals surface area (Å²) >= 11 is 5.83. The Morgan fingerprint density at radius 2 is 2.08 bits per heavy atom. The first-order valence-corrected chi connectivity index (χ1v) is 7.75. The lowest BCUT2D eigenvalue weighted by Gasteiger charge is -2.06. The molecule has 0 atom stereocenters. The predicted octanol–water partition coefficient (Wildman–Crippen LogP) is 3.32. The number of aryl methyl sites for hydroxylation is 1. The number of nitrogens with one attached hydrogen (secondary N) is 1. The third-order valence-electron chi connectivity index (χ3n) is 3.62. The van der Waals surface area contributed by atoms with Gasteiger partial charge >= 0.3 is 11.4 Å². The number of carbonyl (C=O) groups is 1. The SMILES string of the molecule is O=C(CCn1c(=O)oc2cc(Cl)ccc21)Nc1ccc(F)c([N+](=O)[O-])c1. The van der Waals surface area contributed by atoms with Gasteiger partial charge in [0.05, 0.1) is 10.4 Å². The summed E-state index contributed by atoms with van der Waals surface area (Å²) in [4.78, 5) is 33.8. The maximum Gasteiger partial charge on any atom is 0.419 e. The van der Waals surface area contributed by atoms with Crippen molar-refractivity contribution in [3.8, 4) is 0 Å². The molecular formula is C16H11ClFN3O5. The first-order valence-electron chi connectivity index (χ1n) is 7.38. The van der Waals surface area contributed by atoms with Crippen molar-refractivity contribution in [3.63, 3.8) is 0 Å². The van der Waals surface area contributed by atoms with Gasteiger partial charge in [0.1, 0.15) is 0 Å². The minimum atomic E-state index is -0.997. The minimum absolute atomic E-state index is 0.0303. The maximum atomic E-state index is 13.3. The molecule has 134 valence electrons. The molecule has 0 bridgehead atoms. The summed E-state index contributed by atoms with van der Waals surface area (Å²) < 4.78 is 19.6. The van der Waals surface area contributed by atoms with Crippen LogP contribution in [-0.4, -0.2) is 15.4 Å². The average Bonchev–Trinajstić information content (AvgIpc) is 2.88. The smallest absolute Gasteiger partial charge is 0.408 e. The van der Waals surface area contributed by atoms with Gasteiger partial charge in [0.25, 0.3) is 0 Å². The summed E-state index contributed by atoms with van der Waals surface area (Å²) in [6, 6.07) is 7.71. The van der Waals surface area contributed by atoms with E-state index in [1.165, 1.54) is 16.7 Å². The van der Waals surface area contributed by atoms with E-state index in [1.807, 2.05) is 0 Å². The highest BCUT2D eigenvalue weighted by molar-refractivity contribution is 6.31. The zero-order valence-electron chi connectivity index (χ0n) is 13.1. The van der Waals surface area contributed by atoms with Crippen LogP contribution in [0, 0.1) is 15.9 Å². The highest BCUT2D eigenvalue weighted by atomic mass is 35.5. The fourth-order valence-electron chi connectivity index (χ4n) is 2.42. The summed E-state index contributed by atoms with van der Waals surface area (Å²) in [6.45, 7) is 0.0303. The summed E-state index contributed by atoms with van der Waals surface area (Å²) in [5.74, 6) is -2.13. The fraction of sp³-hybridized carbons (Fsp3) is 0.125. The Kier molecular flexibility index (Phi) is 4.72. The Hall–Kier alpha value is -3.20. The van der Waals surface area contributed by atoms with E-state index in [2.05, 4.69) is 5.32 Å². The van der Waals surface area contributed by atoms with Crippen LogP contribution in [0.2, 0.25) is 5.02 Å². The monoisotopic (exact) mass is 379 g/mol. The van der Waals surface area contributed by atoms with E-state index >= 15 is 0 Å². The first-order chi connectivity index (χ1) is 12.3. The number of amides is 1. The van der Waals surface area contributed by atoms with Gasteiger partial charge in [-0.3, -0.25) is 19.5 Å². The molecule has 10 heteroatoms. The van der Waals surface area contributed by atoms with Gasteiger partial charge in [-0.1, -0.05) is 11.6 Å². The standard InChI is InChI=1S/C16H11ClFN3O5/c17-9-1-4-12-14(7-9)26-16(23)20(12)6-5-15(22)19-10-2-3-11(18)13(8-10)21(24)25/h1-4,7-8H,5-6H2,(H,19,22). The van der Waals surface area contributed by atoms with Crippen LogP contribution >= 0.6 is 11.6 Å². The van der Waals surface area contributed by atoms with Crippen molar-refractivity contribution in [1.82, 2.24) is 4.57 Å². The van der Waals surface area contributed by atoms with Gasteiger partial charge in [0.2, 0.25) is 11.7 Å². The molecule has 0 aliphatic rings. The number of hydrogen-bond donors (Lipinski definition) is 1. The molecule has 1 amide bonds. The van der Waals surface area contributed by atoms with Gasteiger partial charge in [-0.05, 0) is 24.3 Å². The van der Waals surface area contributed by atoms with E-state index < -0.39 is 28.1 Å². The van der Waals surface area contributed by atoms with Gasteiger partial charge in [-0.25, -0.2) is 4.79 Å². The second-order valence-corrected chi connectivity index (χ2v) is 5.79. The topological polar surface area (TPSA) is 107 Å². The Balaban J connectivity index is 1.72. The first kappa shape index (κ1) is 17.6. The van der Waals surface area contributed by atoms with E-state index in [0.717, 1.165) is 12.1 Å². The number of benzene rings is 2. The summed E-state index contributed by atoms with van der Waals surface area (Å²) in [6.07, 6.45) is -0.0949. The fourth-order valence-corrected chi connectivity index (χ4v) is 2.58. The number of aromatic nitrogens is 1. The Morgan fingerprint density at radius 1 is 1.31 bits per heavy atom. The van der Waals surface area contributed by atoms with Crippen LogP contribution in [0.4, 0.5) is 15.8 Å². The Morgan fingerprint density at radius 3 is 2.81 bits per heavy atom. The van der Waals surface area contributed by atoms with Crippen LogP contribution in [0.3, 0.4) is 0 Å². The third kappa shape index (κ3) is 3.57. The van der Waals surface area contributed by atoms with Crippen molar-refractivity contribution < 1.29 is 18.5 Å². The van der Waals surface area contributed by atoms with E-state index in [-0.39, 0.29) is 18.7 Å². The number of nitrogens with zero attached hydrogens (tertiary/aromatic N) is 2. The number of rotatable bonds is 5. The van der Waals surface area contributed by atoms with Gasteiger partial charge in [0.15, 0.2) is 5.58 Å². The Labute approximate surface area is 149 Å². The van der Waals surface area contributed by atoms with Crippen LogP contribution in [-0.2, 0) is 11.3 Å². The number of oxazole rings is 1. The molecule has 0 aliphatic heterocycles. The van der Waals surface area contributed by atoms with Gasteiger partial charge in [0, 0.05) is 35.8 Å². The number of nitro benzene ring substituents is 1. The summed E-state index contributed by atoms with van der Waals surface area (Å²) in [5, 5.41) is 13.6. The molecule has 0 radical (unpaired) electrons. The van der Waals surface area contributed by atoms with Crippen molar-refractivity contribution in [2.75, 3.05) is 5.32 Å². The molecular weight excluding hydrogens is 369 g/mol. The number of nitro groups is 1. The van der Waals surface area contributed by atoms with E-state index in [4.69, 9.17) is 16.0 Å². The number of anilines is 1. The molecule has 1 heterocycles. The molecule has 0 saturated carbocycles.